The maximum Gasteiger partial charge on any atom is 0.414 e. The molecule has 0 saturated heterocycles. The number of nitrogens with zero attached hydrogens (tertiary/aromatic N) is 2. The minimum absolute atomic E-state index is 0.277. The molecule has 1 amide bonds. The van der Waals surface area contributed by atoms with Gasteiger partial charge in [-0.3, -0.25) is 14.8 Å². The summed E-state index contributed by atoms with van der Waals surface area (Å²) in [5.41, 5.74) is 3.25. The molecule has 7 heteroatoms. The van der Waals surface area contributed by atoms with Crippen molar-refractivity contribution in [2.24, 2.45) is 7.05 Å². The van der Waals surface area contributed by atoms with Crippen molar-refractivity contribution in [1.82, 2.24) is 9.78 Å². The van der Waals surface area contributed by atoms with E-state index in [1.165, 1.54) is 5.56 Å². The summed E-state index contributed by atoms with van der Waals surface area (Å²) in [5.74, 6) is 3.15. The van der Waals surface area contributed by atoms with Crippen LogP contribution in [-0.4, -0.2) is 26.9 Å². The number of carboxylic acids is 1. The molecule has 0 radical (unpaired) electrons. The summed E-state index contributed by atoms with van der Waals surface area (Å²) in [6.07, 6.45) is 11.5. The van der Waals surface area contributed by atoms with Crippen molar-refractivity contribution in [1.29, 1.82) is 0 Å². The lowest BCUT2D eigenvalue weighted by Gasteiger charge is -2.29. The fraction of sp³-hybridized carbons (Fsp3) is 0.367. The first-order valence-electron chi connectivity index (χ1n) is 12.8. The standard InChI is InChI=1S/C30H31N3O4/c1-3-26(23-7-5-4-6-8-23)37-29(36)32-27-25(19-31-33(27)2)22-11-9-20(10-12-22)21-13-15-24(16-14-21)30(17-18-30)28(34)35/h1,4-8,13-16,19-20,22,26H,9-12,17-18H2,2H3,(H,32,36)(H,34,35)/t20?,22?,26-/m1/s1. The van der Waals surface area contributed by atoms with E-state index in [1.54, 1.807) is 11.7 Å². The predicted molar refractivity (Wildman–Crippen MR) is 140 cm³/mol. The summed E-state index contributed by atoms with van der Waals surface area (Å²) < 4.78 is 7.18. The number of amides is 1. The van der Waals surface area contributed by atoms with Crippen LogP contribution in [0, 0.1) is 12.3 Å². The van der Waals surface area contributed by atoms with E-state index < -0.39 is 23.6 Å². The Bertz CT molecular complexity index is 1310. The second-order valence-electron chi connectivity index (χ2n) is 10.1. The molecule has 5 rings (SSSR count). The molecule has 2 aromatic carbocycles. The van der Waals surface area contributed by atoms with Crippen LogP contribution in [0.15, 0.2) is 60.8 Å². The minimum Gasteiger partial charge on any atom is -0.481 e. The summed E-state index contributed by atoms with van der Waals surface area (Å²) in [4.78, 5) is 24.3. The molecule has 7 nitrogen and oxygen atoms in total. The van der Waals surface area contributed by atoms with Crippen molar-refractivity contribution in [2.75, 3.05) is 5.32 Å². The van der Waals surface area contributed by atoms with Crippen LogP contribution >= 0.6 is 0 Å². The third-order valence-electron chi connectivity index (χ3n) is 7.93. The van der Waals surface area contributed by atoms with Gasteiger partial charge in [0.25, 0.3) is 0 Å². The van der Waals surface area contributed by atoms with E-state index in [2.05, 4.69) is 28.5 Å². The Balaban J connectivity index is 1.21. The normalized spacial score (nSPS) is 20.9. The number of anilines is 1. The van der Waals surface area contributed by atoms with Gasteiger partial charge in [-0.15, -0.1) is 6.42 Å². The van der Waals surface area contributed by atoms with E-state index in [0.29, 0.717) is 11.7 Å². The average molecular weight is 498 g/mol. The van der Waals surface area contributed by atoms with Crippen molar-refractivity contribution < 1.29 is 19.4 Å². The molecule has 2 fully saturated rings. The monoisotopic (exact) mass is 497 g/mol. The second kappa shape index (κ2) is 10.1. The van der Waals surface area contributed by atoms with Gasteiger partial charge in [0.2, 0.25) is 0 Å². The molecule has 0 spiro atoms. The zero-order valence-corrected chi connectivity index (χ0v) is 20.9. The number of aryl methyl sites for hydroxylation is 1. The summed E-state index contributed by atoms with van der Waals surface area (Å²) in [7, 11) is 1.80. The summed E-state index contributed by atoms with van der Waals surface area (Å²) in [6.45, 7) is 0. The molecule has 2 saturated carbocycles. The smallest absolute Gasteiger partial charge is 0.414 e. The Labute approximate surface area is 216 Å². The van der Waals surface area contributed by atoms with Crippen LogP contribution in [0.4, 0.5) is 10.6 Å². The molecular formula is C30H31N3O4. The fourth-order valence-electron chi connectivity index (χ4n) is 5.53. The Morgan fingerprint density at radius 2 is 1.73 bits per heavy atom. The maximum atomic E-state index is 12.7. The molecule has 1 aromatic heterocycles. The molecule has 0 bridgehead atoms. The van der Waals surface area contributed by atoms with Gasteiger partial charge in [-0.25, -0.2) is 4.79 Å². The molecule has 37 heavy (non-hydrogen) atoms. The van der Waals surface area contributed by atoms with Crippen molar-refractivity contribution in [3.8, 4) is 12.3 Å². The van der Waals surface area contributed by atoms with Crippen molar-refractivity contribution in [3.63, 3.8) is 0 Å². The molecule has 0 aliphatic heterocycles. The van der Waals surface area contributed by atoms with Crippen LogP contribution in [0.3, 0.4) is 0 Å². The zero-order valence-electron chi connectivity index (χ0n) is 20.9. The highest BCUT2D eigenvalue weighted by atomic mass is 16.6. The van der Waals surface area contributed by atoms with Crippen LogP contribution < -0.4 is 5.32 Å². The number of benzene rings is 2. The Kier molecular flexibility index (Phi) is 6.75. The van der Waals surface area contributed by atoms with Gasteiger partial charge in [-0.05, 0) is 61.5 Å². The van der Waals surface area contributed by atoms with E-state index in [9.17, 15) is 14.7 Å². The van der Waals surface area contributed by atoms with Crippen LogP contribution in [0.5, 0.6) is 0 Å². The lowest BCUT2D eigenvalue weighted by atomic mass is 9.76. The predicted octanol–water partition coefficient (Wildman–Crippen LogP) is 5.90. The van der Waals surface area contributed by atoms with E-state index in [-0.39, 0.29) is 5.92 Å². The number of terminal acetylenes is 1. The molecule has 2 N–H and O–H groups in total. The van der Waals surface area contributed by atoms with Crippen LogP contribution in [0.25, 0.3) is 0 Å². The van der Waals surface area contributed by atoms with Crippen LogP contribution in [0.2, 0.25) is 0 Å². The van der Waals surface area contributed by atoms with Gasteiger partial charge in [0, 0.05) is 18.2 Å². The van der Waals surface area contributed by atoms with E-state index in [1.807, 2.05) is 48.7 Å². The molecule has 190 valence electrons. The Morgan fingerprint density at radius 3 is 2.32 bits per heavy atom. The average Bonchev–Trinajstić information content (AvgIpc) is 3.67. The third-order valence-corrected chi connectivity index (χ3v) is 7.93. The SMILES string of the molecule is C#C[C@@H](OC(=O)Nc1c(C2CCC(c3ccc(C4(C(=O)O)CC4)cc3)CC2)cnn1C)c1ccccc1. The van der Waals surface area contributed by atoms with E-state index in [0.717, 1.165) is 55.2 Å². The summed E-state index contributed by atoms with van der Waals surface area (Å²) in [6, 6.07) is 17.4. The largest absolute Gasteiger partial charge is 0.481 e. The number of rotatable bonds is 7. The van der Waals surface area contributed by atoms with Crippen molar-refractivity contribution >= 4 is 17.9 Å². The maximum absolute atomic E-state index is 12.7. The topological polar surface area (TPSA) is 93.4 Å². The molecule has 1 atom stereocenters. The molecular weight excluding hydrogens is 466 g/mol. The number of hydrogen-bond donors (Lipinski definition) is 2. The highest BCUT2D eigenvalue weighted by Crippen LogP contribution is 2.49. The summed E-state index contributed by atoms with van der Waals surface area (Å²) >= 11 is 0. The first-order chi connectivity index (χ1) is 17.9. The van der Waals surface area contributed by atoms with Gasteiger partial charge in [0.05, 0.1) is 11.6 Å². The number of carbonyl (C=O) groups excluding carboxylic acids is 1. The number of nitrogens with one attached hydrogen (secondary N) is 1. The van der Waals surface area contributed by atoms with Gasteiger partial charge in [-0.1, -0.05) is 60.5 Å². The highest BCUT2D eigenvalue weighted by molar-refractivity contribution is 5.85. The van der Waals surface area contributed by atoms with Crippen LogP contribution in [-0.2, 0) is 22.0 Å². The van der Waals surface area contributed by atoms with E-state index in [4.69, 9.17) is 11.2 Å². The number of aliphatic carboxylic acids is 1. The first-order valence-corrected chi connectivity index (χ1v) is 12.8. The number of carboxylic acid groups (broad SMARTS) is 1. The highest BCUT2D eigenvalue weighted by Gasteiger charge is 2.51. The number of hydrogen-bond acceptors (Lipinski definition) is 4. The lowest BCUT2D eigenvalue weighted by Crippen LogP contribution is -2.21. The Morgan fingerprint density at radius 1 is 1.08 bits per heavy atom. The van der Waals surface area contributed by atoms with E-state index >= 15 is 0 Å². The van der Waals surface area contributed by atoms with Crippen LogP contribution in [0.1, 0.15) is 78.7 Å². The van der Waals surface area contributed by atoms with Gasteiger partial charge in [0.15, 0.2) is 6.10 Å². The van der Waals surface area contributed by atoms with Gasteiger partial charge >= 0.3 is 12.1 Å². The number of aromatic nitrogens is 2. The van der Waals surface area contributed by atoms with Crippen molar-refractivity contribution in [2.45, 2.75) is 61.9 Å². The molecule has 2 aliphatic carbocycles. The first kappa shape index (κ1) is 24.6. The summed E-state index contributed by atoms with van der Waals surface area (Å²) in [5, 5.41) is 16.8. The lowest BCUT2D eigenvalue weighted by molar-refractivity contribution is -0.140. The minimum atomic E-state index is -0.773. The van der Waals surface area contributed by atoms with Gasteiger partial charge in [0.1, 0.15) is 5.82 Å². The number of carbonyl (C=O) groups is 2. The number of ether oxygens (including phenoxy) is 1. The van der Waals surface area contributed by atoms with Gasteiger partial charge in [-0.2, -0.15) is 5.10 Å². The molecule has 2 aliphatic rings. The second-order valence-corrected chi connectivity index (χ2v) is 10.1. The molecule has 0 unspecified atom stereocenters. The third kappa shape index (κ3) is 4.97. The van der Waals surface area contributed by atoms with Gasteiger partial charge < -0.3 is 9.84 Å². The molecule has 1 heterocycles. The Hall–Kier alpha value is -4.05. The fourth-order valence-corrected chi connectivity index (χ4v) is 5.53. The zero-order chi connectivity index (χ0) is 26.0. The quantitative estimate of drug-likeness (QED) is 0.397. The molecule has 3 aromatic rings. The van der Waals surface area contributed by atoms with Crippen molar-refractivity contribution in [3.05, 3.63) is 83.0 Å².